The van der Waals surface area contributed by atoms with Gasteiger partial charge in [-0.15, -0.1) is 5.10 Å². The second-order valence-electron chi connectivity index (χ2n) is 5.33. The zero-order chi connectivity index (χ0) is 13.0. The molecule has 1 atom stereocenters. The Hall–Kier alpha value is -1.14. The maximum atomic E-state index is 5.75. The average molecular weight is 252 g/mol. The number of piperidine rings is 1. The van der Waals surface area contributed by atoms with E-state index in [1.807, 2.05) is 0 Å². The van der Waals surface area contributed by atoms with Crippen LogP contribution in [0, 0.1) is 5.92 Å². The first kappa shape index (κ1) is 13.3. The molecule has 6 heteroatoms. The van der Waals surface area contributed by atoms with Crippen LogP contribution in [0.5, 0.6) is 0 Å². The van der Waals surface area contributed by atoms with Gasteiger partial charge in [-0.3, -0.25) is 5.10 Å². The molecular weight excluding hydrogens is 228 g/mol. The summed E-state index contributed by atoms with van der Waals surface area (Å²) in [4.78, 5) is 8.96. The van der Waals surface area contributed by atoms with Gasteiger partial charge in [-0.05, 0) is 39.4 Å². The first-order chi connectivity index (χ1) is 8.69. The molecule has 1 aliphatic heterocycles. The normalized spacial score (nSPS) is 20.7. The molecule has 0 aliphatic carbocycles. The number of aromatic nitrogens is 3. The molecule has 6 nitrogen and oxygen atoms in total. The van der Waals surface area contributed by atoms with Crippen molar-refractivity contribution in [1.29, 1.82) is 0 Å². The first-order valence-corrected chi connectivity index (χ1v) is 6.70. The lowest BCUT2D eigenvalue weighted by atomic mass is 9.99. The van der Waals surface area contributed by atoms with Crippen LogP contribution in [-0.2, 0) is 6.42 Å². The van der Waals surface area contributed by atoms with E-state index >= 15 is 0 Å². The van der Waals surface area contributed by atoms with E-state index in [1.165, 1.54) is 12.8 Å². The van der Waals surface area contributed by atoms with Gasteiger partial charge in [-0.2, -0.15) is 4.98 Å². The van der Waals surface area contributed by atoms with Crippen LogP contribution in [0.3, 0.4) is 0 Å². The van der Waals surface area contributed by atoms with Crippen LogP contribution in [0.25, 0.3) is 0 Å². The minimum absolute atomic E-state index is 0.586. The zero-order valence-corrected chi connectivity index (χ0v) is 11.4. The third kappa shape index (κ3) is 3.43. The lowest BCUT2D eigenvalue weighted by Crippen LogP contribution is -2.39. The van der Waals surface area contributed by atoms with E-state index in [0.29, 0.717) is 5.92 Å². The molecule has 2 heterocycles. The maximum absolute atomic E-state index is 5.75. The minimum atomic E-state index is 0.586. The molecule has 0 radical (unpaired) electrons. The summed E-state index contributed by atoms with van der Waals surface area (Å²) in [5.41, 5.74) is 5.75. The summed E-state index contributed by atoms with van der Waals surface area (Å²) in [5, 5.41) is 7.35. The highest BCUT2D eigenvalue weighted by molar-refractivity contribution is 5.29. The molecule has 0 aromatic carbocycles. The lowest BCUT2D eigenvalue weighted by molar-refractivity contribution is 0.409. The van der Waals surface area contributed by atoms with Crippen molar-refractivity contribution in [3.8, 4) is 0 Å². The van der Waals surface area contributed by atoms with Gasteiger partial charge in [0.1, 0.15) is 5.82 Å². The molecule has 1 saturated heterocycles. The minimum Gasteiger partial charge on any atom is -0.339 e. The molecule has 1 aromatic rings. The molecule has 0 amide bonds. The van der Waals surface area contributed by atoms with Crippen molar-refractivity contribution in [3.05, 3.63) is 5.82 Å². The average Bonchev–Trinajstić information content (AvgIpc) is 2.85. The van der Waals surface area contributed by atoms with Crippen molar-refractivity contribution < 1.29 is 0 Å². The van der Waals surface area contributed by atoms with Gasteiger partial charge in [0.15, 0.2) is 0 Å². The zero-order valence-electron chi connectivity index (χ0n) is 11.4. The molecule has 102 valence electrons. The number of nitrogens with one attached hydrogen (secondary N) is 1. The first-order valence-electron chi connectivity index (χ1n) is 6.70. The number of H-pyrrole nitrogens is 1. The van der Waals surface area contributed by atoms with Crippen molar-refractivity contribution in [2.75, 3.05) is 45.2 Å². The highest BCUT2D eigenvalue weighted by Crippen LogP contribution is 2.19. The van der Waals surface area contributed by atoms with Crippen LogP contribution in [0.4, 0.5) is 5.95 Å². The molecule has 0 saturated carbocycles. The van der Waals surface area contributed by atoms with E-state index in [4.69, 9.17) is 5.73 Å². The summed E-state index contributed by atoms with van der Waals surface area (Å²) in [6, 6.07) is 0. The van der Waals surface area contributed by atoms with E-state index in [2.05, 4.69) is 39.1 Å². The molecule has 1 unspecified atom stereocenters. The van der Waals surface area contributed by atoms with Gasteiger partial charge in [0.25, 0.3) is 0 Å². The fourth-order valence-electron chi connectivity index (χ4n) is 2.31. The summed E-state index contributed by atoms with van der Waals surface area (Å²) in [6.45, 7) is 3.78. The topological polar surface area (TPSA) is 74.1 Å². The third-order valence-corrected chi connectivity index (χ3v) is 3.45. The largest absolute Gasteiger partial charge is 0.339 e. The molecule has 1 aromatic heterocycles. The predicted molar refractivity (Wildman–Crippen MR) is 72.6 cm³/mol. The van der Waals surface area contributed by atoms with Crippen molar-refractivity contribution in [1.82, 2.24) is 20.1 Å². The molecule has 0 bridgehead atoms. The number of rotatable bonds is 5. The number of hydrogen-bond acceptors (Lipinski definition) is 5. The molecule has 0 spiro atoms. The van der Waals surface area contributed by atoms with Gasteiger partial charge >= 0.3 is 0 Å². The van der Waals surface area contributed by atoms with E-state index in [9.17, 15) is 0 Å². The SMILES string of the molecule is CN(C)CCc1nc(N2CCCC(CN)C2)n[nH]1. The molecule has 18 heavy (non-hydrogen) atoms. The Morgan fingerprint density at radius 3 is 3.06 bits per heavy atom. The fourth-order valence-corrected chi connectivity index (χ4v) is 2.31. The van der Waals surface area contributed by atoms with Crippen molar-refractivity contribution in [2.24, 2.45) is 11.7 Å². The maximum Gasteiger partial charge on any atom is 0.244 e. The van der Waals surface area contributed by atoms with Gasteiger partial charge in [0.05, 0.1) is 0 Å². The van der Waals surface area contributed by atoms with Crippen molar-refractivity contribution in [3.63, 3.8) is 0 Å². The molecule has 1 aliphatic rings. The molecule has 3 N–H and O–H groups in total. The van der Waals surface area contributed by atoms with Gasteiger partial charge in [-0.1, -0.05) is 0 Å². The van der Waals surface area contributed by atoms with Gasteiger partial charge in [0.2, 0.25) is 5.95 Å². The number of nitrogens with zero attached hydrogens (tertiary/aromatic N) is 4. The fraction of sp³-hybridized carbons (Fsp3) is 0.833. The van der Waals surface area contributed by atoms with Crippen LogP contribution < -0.4 is 10.6 Å². The Kier molecular flexibility index (Phi) is 4.54. The van der Waals surface area contributed by atoms with Crippen molar-refractivity contribution >= 4 is 5.95 Å². The number of likely N-dealkylation sites (N-methyl/N-ethyl adjacent to an activating group) is 1. The van der Waals surface area contributed by atoms with Crippen molar-refractivity contribution in [2.45, 2.75) is 19.3 Å². The number of aromatic amines is 1. The van der Waals surface area contributed by atoms with Crippen LogP contribution in [0.2, 0.25) is 0 Å². The summed E-state index contributed by atoms with van der Waals surface area (Å²) < 4.78 is 0. The molecular formula is C12H24N6. The standard InChI is InChI=1S/C12H24N6/c1-17(2)7-5-11-14-12(16-15-11)18-6-3-4-10(8-13)9-18/h10H,3-9,13H2,1-2H3,(H,14,15,16). The molecule has 2 rings (SSSR count). The predicted octanol–water partition coefficient (Wildman–Crippen LogP) is 0.0839. The lowest BCUT2D eigenvalue weighted by Gasteiger charge is -2.31. The second kappa shape index (κ2) is 6.15. The summed E-state index contributed by atoms with van der Waals surface area (Å²) in [7, 11) is 4.13. The Balaban J connectivity index is 1.92. The summed E-state index contributed by atoms with van der Waals surface area (Å²) in [5.74, 6) is 2.39. The van der Waals surface area contributed by atoms with Gasteiger partial charge < -0.3 is 15.5 Å². The van der Waals surface area contributed by atoms with Gasteiger partial charge in [0, 0.05) is 26.1 Å². The Morgan fingerprint density at radius 2 is 2.33 bits per heavy atom. The second-order valence-corrected chi connectivity index (χ2v) is 5.33. The number of hydrogen-bond donors (Lipinski definition) is 2. The van der Waals surface area contributed by atoms with E-state index in [0.717, 1.165) is 44.4 Å². The molecule has 1 fully saturated rings. The summed E-state index contributed by atoms with van der Waals surface area (Å²) in [6.07, 6.45) is 3.32. The third-order valence-electron chi connectivity index (χ3n) is 3.45. The van der Waals surface area contributed by atoms with Crippen LogP contribution in [-0.4, -0.2) is 60.4 Å². The Bertz CT molecular complexity index is 361. The van der Waals surface area contributed by atoms with E-state index < -0.39 is 0 Å². The Labute approximate surface area is 109 Å². The quantitative estimate of drug-likeness (QED) is 0.776. The number of nitrogens with two attached hydrogens (primary N) is 1. The smallest absolute Gasteiger partial charge is 0.244 e. The van der Waals surface area contributed by atoms with E-state index in [-0.39, 0.29) is 0 Å². The highest BCUT2D eigenvalue weighted by Gasteiger charge is 2.21. The number of anilines is 1. The van der Waals surface area contributed by atoms with Crippen LogP contribution in [0.1, 0.15) is 18.7 Å². The summed E-state index contributed by atoms with van der Waals surface area (Å²) >= 11 is 0. The van der Waals surface area contributed by atoms with Gasteiger partial charge in [-0.25, -0.2) is 0 Å². The Morgan fingerprint density at radius 1 is 1.50 bits per heavy atom. The van der Waals surface area contributed by atoms with Crippen LogP contribution in [0.15, 0.2) is 0 Å². The highest BCUT2D eigenvalue weighted by atomic mass is 15.4. The van der Waals surface area contributed by atoms with Crippen LogP contribution >= 0.6 is 0 Å². The monoisotopic (exact) mass is 252 g/mol. The van der Waals surface area contributed by atoms with E-state index in [1.54, 1.807) is 0 Å².